The van der Waals surface area contributed by atoms with E-state index in [0.717, 1.165) is 17.4 Å². The number of nitrogens with one attached hydrogen (secondary N) is 4. The number of anilines is 3. The molecule has 2 heterocycles. The van der Waals surface area contributed by atoms with Crippen molar-refractivity contribution < 1.29 is 22.8 Å². The lowest BCUT2D eigenvalue weighted by molar-refractivity contribution is -0.136. The minimum Gasteiger partial charge on any atom is -0.370 e. The summed E-state index contributed by atoms with van der Waals surface area (Å²) in [6.07, 6.45) is -3.23. The molecule has 38 heavy (non-hydrogen) atoms. The van der Waals surface area contributed by atoms with Crippen LogP contribution in [0.5, 0.6) is 0 Å². The Hall–Kier alpha value is -4.16. The number of alkyl halides is 3. The van der Waals surface area contributed by atoms with Crippen LogP contribution in [0, 0.1) is 0 Å². The number of fused-ring (bicyclic) bond motifs is 3. The molecule has 3 aromatic carbocycles. The number of thiazole rings is 1. The summed E-state index contributed by atoms with van der Waals surface area (Å²) in [5, 5.41) is 15.6. The second-order valence-corrected chi connectivity index (χ2v) is 9.71. The van der Waals surface area contributed by atoms with Crippen LogP contribution in [-0.4, -0.2) is 27.0 Å². The van der Waals surface area contributed by atoms with E-state index >= 15 is 0 Å². The van der Waals surface area contributed by atoms with Gasteiger partial charge in [0.05, 0.1) is 38.2 Å². The van der Waals surface area contributed by atoms with Gasteiger partial charge < -0.3 is 10.6 Å². The Bertz CT molecular complexity index is 1670. The van der Waals surface area contributed by atoms with Crippen molar-refractivity contribution in [2.75, 3.05) is 16.0 Å². The average Bonchev–Trinajstić information content (AvgIpc) is 3.50. The third kappa shape index (κ3) is 5.13. The summed E-state index contributed by atoms with van der Waals surface area (Å²) in [7, 11) is 0. The number of rotatable bonds is 6. The molecule has 1 atom stereocenters. The molecule has 0 saturated heterocycles. The van der Waals surface area contributed by atoms with Gasteiger partial charge in [-0.1, -0.05) is 53.3 Å². The van der Waals surface area contributed by atoms with Crippen LogP contribution in [0.3, 0.4) is 0 Å². The topological polar surface area (TPSA) is 112 Å². The molecular formula is C25H18ClF3N6O2S. The number of aromatic nitrogens is 3. The smallest absolute Gasteiger partial charge is 0.370 e. The van der Waals surface area contributed by atoms with Gasteiger partial charge in [0.25, 0.3) is 5.91 Å². The van der Waals surface area contributed by atoms with Crippen LogP contribution in [0.15, 0.2) is 60.8 Å². The number of hydrogen-bond donors (Lipinski definition) is 4. The standard InChI is InChI=1S/C25H18ClF3N6O2S/c1-12(36)31-19-9-14(7-8-17(19)26)32-20(13-5-3-2-4-6-13)23(37)34-24-33-21-16(25(27,28)29)10-18-15(11-30-35-18)22(21)38-24/h2-11,20,32H,1H3,(H,30,35)(H,31,36)(H,33,34,37). The molecular weight excluding hydrogens is 541 g/mol. The molecule has 5 aromatic rings. The van der Waals surface area contributed by atoms with Crippen LogP contribution in [0.4, 0.5) is 29.7 Å². The number of nitrogens with zero attached hydrogens (tertiary/aromatic N) is 2. The second-order valence-electron chi connectivity index (χ2n) is 8.30. The van der Waals surface area contributed by atoms with Crippen LogP contribution in [0.2, 0.25) is 5.02 Å². The number of carbonyl (C=O) groups is 2. The minimum atomic E-state index is -4.65. The molecule has 0 saturated carbocycles. The Morgan fingerprint density at radius 1 is 1.08 bits per heavy atom. The second kappa shape index (κ2) is 9.95. The zero-order valence-corrected chi connectivity index (χ0v) is 21.1. The molecule has 0 aliphatic rings. The van der Waals surface area contributed by atoms with Gasteiger partial charge in [0.2, 0.25) is 5.91 Å². The van der Waals surface area contributed by atoms with Crippen LogP contribution in [0.25, 0.3) is 21.1 Å². The average molecular weight is 559 g/mol. The van der Waals surface area contributed by atoms with Crippen molar-refractivity contribution in [1.82, 2.24) is 15.2 Å². The van der Waals surface area contributed by atoms with Crippen molar-refractivity contribution in [2.24, 2.45) is 0 Å². The van der Waals surface area contributed by atoms with Crippen molar-refractivity contribution in [2.45, 2.75) is 19.1 Å². The number of H-pyrrole nitrogens is 1. The zero-order chi connectivity index (χ0) is 27.0. The van der Waals surface area contributed by atoms with E-state index in [-0.39, 0.29) is 26.8 Å². The van der Waals surface area contributed by atoms with Gasteiger partial charge in [-0.15, -0.1) is 0 Å². The fourth-order valence-electron chi connectivity index (χ4n) is 3.95. The highest BCUT2D eigenvalue weighted by Crippen LogP contribution is 2.41. The first-order valence-electron chi connectivity index (χ1n) is 11.1. The summed E-state index contributed by atoms with van der Waals surface area (Å²) in [5.74, 6) is -0.870. The molecule has 5 rings (SSSR count). The number of halogens is 4. The molecule has 8 nitrogen and oxygen atoms in total. The highest BCUT2D eigenvalue weighted by Gasteiger charge is 2.35. The van der Waals surface area contributed by atoms with E-state index in [1.54, 1.807) is 48.5 Å². The minimum absolute atomic E-state index is 0.00183. The molecule has 0 radical (unpaired) electrons. The van der Waals surface area contributed by atoms with Crippen LogP contribution in [-0.2, 0) is 15.8 Å². The van der Waals surface area contributed by atoms with E-state index in [1.165, 1.54) is 13.1 Å². The van der Waals surface area contributed by atoms with Crippen LogP contribution < -0.4 is 16.0 Å². The summed E-state index contributed by atoms with van der Waals surface area (Å²) in [6, 6.07) is 13.6. The first-order chi connectivity index (χ1) is 18.1. The van der Waals surface area contributed by atoms with Gasteiger partial charge in [0, 0.05) is 18.0 Å². The van der Waals surface area contributed by atoms with E-state index < -0.39 is 23.7 Å². The predicted octanol–water partition coefficient (Wildman–Crippen LogP) is 6.60. The fraction of sp³-hybridized carbons (Fsp3) is 0.120. The van der Waals surface area contributed by atoms with Gasteiger partial charge in [-0.2, -0.15) is 18.3 Å². The van der Waals surface area contributed by atoms with E-state index in [0.29, 0.717) is 27.3 Å². The number of hydrogen-bond acceptors (Lipinski definition) is 6. The van der Waals surface area contributed by atoms with Crippen LogP contribution >= 0.6 is 22.9 Å². The molecule has 194 valence electrons. The quantitative estimate of drug-likeness (QED) is 0.188. The summed E-state index contributed by atoms with van der Waals surface area (Å²) in [6.45, 7) is 1.34. The Morgan fingerprint density at radius 2 is 1.84 bits per heavy atom. The third-order valence-corrected chi connectivity index (χ3v) is 6.94. The summed E-state index contributed by atoms with van der Waals surface area (Å²) >= 11 is 7.09. The highest BCUT2D eigenvalue weighted by atomic mass is 35.5. The van der Waals surface area contributed by atoms with E-state index in [9.17, 15) is 22.8 Å². The van der Waals surface area contributed by atoms with Gasteiger partial charge in [-0.25, -0.2) is 4.98 Å². The summed E-state index contributed by atoms with van der Waals surface area (Å²) < 4.78 is 41.5. The van der Waals surface area contributed by atoms with E-state index in [1.807, 2.05) is 0 Å². The Morgan fingerprint density at radius 3 is 2.55 bits per heavy atom. The first kappa shape index (κ1) is 25.5. The summed E-state index contributed by atoms with van der Waals surface area (Å²) in [5.41, 5.74) is 0.444. The van der Waals surface area contributed by atoms with Crippen LogP contribution in [0.1, 0.15) is 24.1 Å². The van der Waals surface area contributed by atoms with Gasteiger partial charge >= 0.3 is 6.18 Å². The molecule has 0 bridgehead atoms. The molecule has 2 amide bonds. The van der Waals surface area contributed by atoms with Crippen molar-refractivity contribution >= 4 is 72.4 Å². The molecule has 4 N–H and O–H groups in total. The van der Waals surface area contributed by atoms with Gasteiger partial charge in [0.15, 0.2) is 5.13 Å². The largest absolute Gasteiger partial charge is 0.418 e. The zero-order valence-electron chi connectivity index (χ0n) is 19.5. The first-order valence-corrected chi connectivity index (χ1v) is 12.3. The lowest BCUT2D eigenvalue weighted by Crippen LogP contribution is -2.27. The predicted molar refractivity (Wildman–Crippen MR) is 141 cm³/mol. The maximum absolute atomic E-state index is 13.8. The highest BCUT2D eigenvalue weighted by molar-refractivity contribution is 7.23. The van der Waals surface area contributed by atoms with Gasteiger partial charge in [0.1, 0.15) is 6.04 Å². The van der Waals surface area contributed by atoms with Crippen molar-refractivity contribution in [3.05, 3.63) is 76.9 Å². The molecule has 0 aliphatic heterocycles. The molecule has 13 heteroatoms. The fourth-order valence-corrected chi connectivity index (χ4v) is 5.12. The Balaban J connectivity index is 1.50. The SMILES string of the molecule is CC(=O)Nc1cc(NC(C(=O)Nc2nc3c(C(F)(F)F)cc4[nH]ncc4c3s2)c2ccccc2)ccc1Cl. The van der Waals surface area contributed by atoms with Crippen molar-refractivity contribution in [1.29, 1.82) is 0 Å². The summed E-state index contributed by atoms with van der Waals surface area (Å²) in [4.78, 5) is 29.1. The number of carbonyl (C=O) groups excluding carboxylic acids is 2. The monoisotopic (exact) mass is 558 g/mol. The van der Waals surface area contributed by atoms with Crippen molar-refractivity contribution in [3.63, 3.8) is 0 Å². The van der Waals surface area contributed by atoms with E-state index in [2.05, 4.69) is 31.1 Å². The number of benzene rings is 3. The normalized spacial score (nSPS) is 12.4. The molecule has 0 fully saturated rings. The van der Waals surface area contributed by atoms with Gasteiger partial charge in [-0.05, 0) is 29.8 Å². The molecule has 1 unspecified atom stereocenters. The molecule has 0 aliphatic carbocycles. The Kier molecular flexibility index (Phi) is 6.67. The van der Waals surface area contributed by atoms with Gasteiger partial charge in [-0.3, -0.25) is 20.0 Å². The third-order valence-electron chi connectivity index (χ3n) is 5.60. The lowest BCUT2D eigenvalue weighted by Gasteiger charge is -2.20. The maximum atomic E-state index is 13.8. The maximum Gasteiger partial charge on any atom is 0.418 e. The molecule has 2 aromatic heterocycles. The Labute approximate surface area is 222 Å². The molecule has 0 spiro atoms. The van der Waals surface area contributed by atoms with Crippen molar-refractivity contribution in [3.8, 4) is 0 Å². The lowest BCUT2D eigenvalue weighted by atomic mass is 10.1. The number of aromatic amines is 1. The number of amides is 2. The van der Waals surface area contributed by atoms with E-state index in [4.69, 9.17) is 11.6 Å².